The molecule has 5 nitrogen and oxygen atoms in total. The maximum Gasteiger partial charge on any atom is 0.226 e. The predicted molar refractivity (Wildman–Crippen MR) is 65.3 cm³/mol. The third-order valence-electron chi connectivity index (χ3n) is 3.10. The van der Waals surface area contributed by atoms with Gasteiger partial charge in [-0.05, 0) is 20.3 Å². The molecule has 0 spiro atoms. The Morgan fingerprint density at radius 1 is 1.53 bits per heavy atom. The molecule has 2 heterocycles. The quantitative estimate of drug-likeness (QED) is 0.862. The highest BCUT2D eigenvalue weighted by atomic mass is 16.5. The number of aromatic nitrogens is 2. The van der Waals surface area contributed by atoms with Crippen LogP contribution in [0.25, 0.3) is 0 Å². The molecule has 0 radical (unpaired) electrons. The summed E-state index contributed by atoms with van der Waals surface area (Å²) in [4.78, 5) is 8.58. The lowest BCUT2D eigenvalue weighted by molar-refractivity contribution is 0.108. The monoisotopic (exact) mass is 237 g/mol. The number of ether oxygens (including phenoxy) is 2. The van der Waals surface area contributed by atoms with Gasteiger partial charge in [0.2, 0.25) is 11.8 Å². The predicted octanol–water partition coefficient (Wildman–Crippen LogP) is 1.63. The Morgan fingerprint density at radius 3 is 3.00 bits per heavy atom. The second-order valence-corrected chi connectivity index (χ2v) is 4.38. The zero-order chi connectivity index (χ0) is 12.3. The van der Waals surface area contributed by atoms with Gasteiger partial charge < -0.3 is 14.8 Å². The van der Waals surface area contributed by atoms with Gasteiger partial charge in [-0.15, -0.1) is 0 Å². The Labute approximate surface area is 102 Å². The van der Waals surface area contributed by atoms with E-state index in [4.69, 9.17) is 9.47 Å². The molecule has 1 fully saturated rings. The summed E-state index contributed by atoms with van der Waals surface area (Å²) in [6.07, 6.45) is 1.41. The summed E-state index contributed by atoms with van der Waals surface area (Å²) in [6.45, 7) is 5.73. The van der Waals surface area contributed by atoms with Crippen LogP contribution in [0.2, 0.25) is 0 Å². The fraction of sp³-hybridized carbons (Fsp3) is 0.667. The second kappa shape index (κ2) is 5.31. The van der Waals surface area contributed by atoms with Crippen molar-refractivity contribution in [2.24, 2.45) is 5.92 Å². The van der Waals surface area contributed by atoms with Crippen molar-refractivity contribution in [2.75, 3.05) is 25.6 Å². The lowest BCUT2D eigenvalue weighted by atomic mass is 10.0. The van der Waals surface area contributed by atoms with Gasteiger partial charge in [-0.3, -0.25) is 0 Å². The average molecular weight is 237 g/mol. The molecule has 94 valence electrons. The van der Waals surface area contributed by atoms with Crippen molar-refractivity contribution in [3.63, 3.8) is 0 Å². The fourth-order valence-electron chi connectivity index (χ4n) is 1.99. The molecular formula is C12H19N3O2. The van der Waals surface area contributed by atoms with Crippen LogP contribution in [0.3, 0.4) is 0 Å². The normalized spacial score (nSPS) is 23.7. The van der Waals surface area contributed by atoms with Gasteiger partial charge in [0.05, 0.1) is 13.2 Å². The number of hydrogen-bond acceptors (Lipinski definition) is 5. The summed E-state index contributed by atoms with van der Waals surface area (Å²) < 4.78 is 10.6. The van der Waals surface area contributed by atoms with E-state index in [2.05, 4.69) is 22.2 Å². The van der Waals surface area contributed by atoms with Crippen molar-refractivity contribution in [2.45, 2.75) is 26.4 Å². The van der Waals surface area contributed by atoms with Crippen LogP contribution < -0.4 is 10.1 Å². The molecule has 17 heavy (non-hydrogen) atoms. The molecule has 0 aliphatic carbocycles. The van der Waals surface area contributed by atoms with Crippen molar-refractivity contribution in [3.8, 4) is 5.88 Å². The molecule has 5 heteroatoms. The van der Waals surface area contributed by atoms with Crippen LogP contribution in [0.4, 0.5) is 5.95 Å². The van der Waals surface area contributed by atoms with Crippen LogP contribution in [-0.4, -0.2) is 36.3 Å². The molecular weight excluding hydrogens is 218 g/mol. The van der Waals surface area contributed by atoms with Gasteiger partial charge in [-0.25, -0.2) is 4.98 Å². The summed E-state index contributed by atoms with van der Waals surface area (Å²) in [5, 5.41) is 3.25. The van der Waals surface area contributed by atoms with Crippen molar-refractivity contribution >= 4 is 5.95 Å². The van der Waals surface area contributed by atoms with Gasteiger partial charge >= 0.3 is 0 Å². The Bertz CT molecular complexity index is 384. The SMILES string of the molecule is COc1cc(C)nc(NCC2CCOC2C)n1. The number of nitrogens with zero attached hydrogens (tertiary/aromatic N) is 2. The van der Waals surface area contributed by atoms with Gasteiger partial charge in [0, 0.05) is 30.8 Å². The first-order valence-electron chi connectivity index (χ1n) is 5.94. The van der Waals surface area contributed by atoms with Crippen LogP contribution in [0, 0.1) is 12.8 Å². The minimum Gasteiger partial charge on any atom is -0.481 e. The molecule has 1 aromatic rings. The van der Waals surface area contributed by atoms with Gasteiger partial charge in [0.15, 0.2) is 0 Å². The number of rotatable bonds is 4. The zero-order valence-electron chi connectivity index (χ0n) is 10.6. The molecule has 0 aromatic carbocycles. The zero-order valence-corrected chi connectivity index (χ0v) is 10.6. The van der Waals surface area contributed by atoms with Crippen LogP contribution >= 0.6 is 0 Å². The Hall–Kier alpha value is -1.36. The molecule has 1 N–H and O–H groups in total. The Morgan fingerprint density at radius 2 is 2.35 bits per heavy atom. The average Bonchev–Trinajstić information content (AvgIpc) is 2.71. The largest absolute Gasteiger partial charge is 0.481 e. The van der Waals surface area contributed by atoms with Crippen LogP contribution in [0.5, 0.6) is 5.88 Å². The van der Waals surface area contributed by atoms with E-state index >= 15 is 0 Å². The summed E-state index contributed by atoms with van der Waals surface area (Å²) in [5.74, 6) is 1.75. The molecule has 2 unspecified atom stereocenters. The third kappa shape index (κ3) is 3.06. The van der Waals surface area contributed by atoms with Gasteiger partial charge in [0.1, 0.15) is 0 Å². The molecule has 1 aromatic heterocycles. The highest BCUT2D eigenvalue weighted by Crippen LogP contribution is 2.20. The van der Waals surface area contributed by atoms with Crippen molar-refractivity contribution in [3.05, 3.63) is 11.8 Å². The van der Waals surface area contributed by atoms with Gasteiger partial charge in [-0.1, -0.05) is 0 Å². The summed E-state index contributed by atoms with van der Waals surface area (Å²) in [5.41, 5.74) is 0.898. The molecule has 1 aliphatic rings. The third-order valence-corrected chi connectivity index (χ3v) is 3.10. The number of anilines is 1. The van der Waals surface area contributed by atoms with E-state index in [0.29, 0.717) is 23.9 Å². The van der Waals surface area contributed by atoms with E-state index in [1.165, 1.54) is 0 Å². The summed E-state index contributed by atoms with van der Waals surface area (Å²) in [6, 6.07) is 1.81. The molecule has 1 aliphatic heterocycles. The highest BCUT2D eigenvalue weighted by Gasteiger charge is 2.23. The van der Waals surface area contributed by atoms with Crippen molar-refractivity contribution in [1.82, 2.24) is 9.97 Å². The standard InChI is InChI=1S/C12H19N3O2/c1-8-6-11(16-3)15-12(14-8)13-7-10-4-5-17-9(10)2/h6,9-10H,4-5,7H2,1-3H3,(H,13,14,15). The minimum atomic E-state index is 0.314. The second-order valence-electron chi connectivity index (χ2n) is 4.38. The highest BCUT2D eigenvalue weighted by molar-refractivity contribution is 5.30. The first-order chi connectivity index (χ1) is 8.19. The summed E-state index contributed by atoms with van der Waals surface area (Å²) >= 11 is 0. The molecule has 1 saturated heterocycles. The molecule has 0 bridgehead atoms. The van der Waals surface area contributed by atoms with Crippen LogP contribution in [0.15, 0.2) is 6.07 Å². The topological polar surface area (TPSA) is 56.3 Å². The van der Waals surface area contributed by atoms with Crippen molar-refractivity contribution in [1.29, 1.82) is 0 Å². The minimum absolute atomic E-state index is 0.314. The maximum absolute atomic E-state index is 5.52. The maximum atomic E-state index is 5.52. The molecule has 0 saturated carbocycles. The number of hydrogen-bond donors (Lipinski definition) is 1. The number of nitrogens with one attached hydrogen (secondary N) is 1. The van der Waals surface area contributed by atoms with Crippen LogP contribution in [-0.2, 0) is 4.74 Å². The number of methoxy groups -OCH3 is 1. The van der Waals surface area contributed by atoms with E-state index in [0.717, 1.165) is 25.3 Å². The smallest absolute Gasteiger partial charge is 0.226 e. The molecule has 2 rings (SSSR count). The molecule has 2 atom stereocenters. The van der Waals surface area contributed by atoms with E-state index in [1.807, 2.05) is 13.0 Å². The lowest BCUT2D eigenvalue weighted by Crippen LogP contribution is -2.21. The van der Waals surface area contributed by atoms with E-state index in [1.54, 1.807) is 7.11 Å². The van der Waals surface area contributed by atoms with E-state index in [9.17, 15) is 0 Å². The van der Waals surface area contributed by atoms with Gasteiger partial charge in [-0.2, -0.15) is 4.98 Å². The fourth-order valence-corrected chi connectivity index (χ4v) is 1.99. The van der Waals surface area contributed by atoms with E-state index < -0.39 is 0 Å². The lowest BCUT2D eigenvalue weighted by Gasteiger charge is -2.15. The van der Waals surface area contributed by atoms with Gasteiger partial charge in [0.25, 0.3) is 0 Å². The Balaban J connectivity index is 1.96. The van der Waals surface area contributed by atoms with Crippen LogP contribution in [0.1, 0.15) is 19.0 Å². The van der Waals surface area contributed by atoms with E-state index in [-0.39, 0.29) is 0 Å². The first-order valence-corrected chi connectivity index (χ1v) is 5.94. The molecule has 0 amide bonds. The Kier molecular flexibility index (Phi) is 3.78. The summed E-state index contributed by atoms with van der Waals surface area (Å²) in [7, 11) is 1.61. The van der Waals surface area contributed by atoms with Crippen molar-refractivity contribution < 1.29 is 9.47 Å². The number of aryl methyl sites for hydroxylation is 1. The first kappa shape index (κ1) is 12.1.